The molecule has 1 atom stereocenters. The van der Waals surface area contributed by atoms with Crippen molar-refractivity contribution in [2.75, 3.05) is 13.6 Å². The molecule has 106 valence electrons. The topological polar surface area (TPSA) is 32.3 Å². The van der Waals surface area contributed by atoms with Gasteiger partial charge in [-0.1, -0.05) is 48.5 Å². The highest BCUT2D eigenvalue weighted by Crippen LogP contribution is 2.43. The third-order valence-corrected chi connectivity index (χ3v) is 4.63. The maximum Gasteiger partial charge on any atom is 0.239 e. The molecule has 1 amide bonds. The van der Waals surface area contributed by atoms with Crippen LogP contribution in [0.5, 0.6) is 0 Å². The van der Waals surface area contributed by atoms with Crippen molar-refractivity contribution in [1.29, 1.82) is 0 Å². The van der Waals surface area contributed by atoms with Crippen LogP contribution in [0.4, 0.5) is 0 Å². The molecule has 1 fully saturated rings. The number of carbonyl (C=O) groups excluding carboxylic acids is 1. The van der Waals surface area contributed by atoms with Gasteiger partial charge in [-0.3, -0.25) is 10.1 Å². The molecule has 21 heavy (non-hydrogen) atoms. The zero-order valence-electron chi connectivity index (χ0n) is 12.0. The third kappa shape index (κ3) is 1.88. The Balaban J connectivity index is 1.74. The number of fused-ring (bicyclic) bond motifs is 3. The molecule has 2 aromatic carbocycles. The van der Waals surface area contributed by atoms with Gasteiger partial charge in [0.25, 0.3) is 0 Å². The molecular weight excluding hydrogens is 260 g/mol. The summed E-state index contributed by atoms with van der Waals surface area (Å²) in [5.74, 6) is 0.205. The van der Waals surface area contributed by atoms with E-state index in [-0.39, 0.29) is 18.0 Å². The van der Waals surface area contributed by atoms with Crippen LogP contribution < -0.4 is 5.32 Å². The first-order valence-electron chi connectivity index (χ1n) is 7.45. The van der Waals surface area contributed by atoms with Gasteiger partial charge in [-0.15, -0.1) is 0 Å². The van der Waals surface area contributed by atoms with Crippen molar-refractivity contribution in [1.82, 2.24) is 10.2 Å². The van der Waals surface area contributed by atoms with E-state index < -0.39 is 0 Å². The molecule has 0 aromatic heterocycles. The summed E-state index contributed by atoms with van der Waals surface area (Å²) < 4.78 is 0. The number of amides is 1. The molecule has 0 radical (unpaired) electrons. The first-order chi connectivity index (χ1) is 10.3. The fraction of sp³-hybridized carbons (Fsp3) is 0.278. The minimum Gasteiger partial charge on any atom is -0.344 e. The molecule has 0 saturated carbocycles. The van der Waals surface area contributed by atoms with Crippen LogP contribution in [0, 0.1) is 0 Å². The fourth-order valence-corrected chi connectivity index (χ4v) is 3.51. The van der Waals surface area contributed by atoms with Gasteiger partial charge in [0.05, 0.1) is 12.1 Å². The fourth-order valence-electron chi connectivity index (χ4n) is 3.51. The molecule has 1 N–H and O–H groups in total. The molecule has 0 spiro atoms. The van der Waals surface area contributed by atoms with Crippen LogP contribution in [0.25, 0.3) is 11.1 Å². The quantitative estimate of drug-likeness (QED) is 0.915. The molecule has 4 rings (SSSR count). The van der Waals surface area contributed by atoms with Crippen molar-refractivity contribution in [3.63, 3.8) is 0 Å². The van der Waals surface area contributed by atoms with Gasteiger partial charge in [0.15, 0.2) is 0 Å². The van der Waals surface area contributed by atoms with Crippen LogP contribution in [0.2, 0.25) is 0 Å². The first-order valence-corrected chi connectivity index (χ1v) is 7.45. The van der Waals surface area contributed by atoms with Crippen LogP contribution in [-0.4, -0.2) is 30.4 Å². The highest BCUT2D eigenvalue weighted by molar-refractivity contribution is 5.84. The smallest absolute Gasteiger partial charge is 0.239 e. The van der Waals surface area contributed by atoms with Crippen molar-refractivity contribution in [3.8, 4) is 11.1 Å². The largest absolute Gasteiger partial charge is 0.344 e. The average molecular weight is 278 g/mol. The maximum atomic E-state index is 12.2. The van der Waals surface area contributed by atoms with E-state index in [1.165, 1.54) is 22.3 Å². The summed E-state index contributed by atoms with van der Waals surface area (Å²) in [5, 5.41) is 3.58. The van der Waals surface area contributed by atoms with Crippen LogP contribution in [0.1, 0.15) is 23.6 Å². The molecule has 1 saturated heterocycles. The summed E-state index contributed by atoms with van der Waals surface area (Å²) in [7, 11) is 1.88. The predicted molar refractivity (Wildman–Crippen MR) is 82.9 cm³/mol. The van der Waals surface area contributed by atoms with E-state index in [1.54, 1.807) is 0 Å². The van der Waals surface area contributed by atoms with Gasteiger partial charge in [-0.25, -0.2) is 0 Å². The molecule has 1 heterocycles. The summed E-state index contributed by atoms with van der Waals surface area (Å²) in [6.07, 6.45) is 0.885. The second kappa shape index (κ2) is 4.71. The van der Waals surface area contributed by atoms with E-state index in [0.717, 1.165) is 13.0 Å². The van der Waals surface area contributed by atoms with Crippen molar-refractivity contribution >= 4 is 5.91 Å². The van der Waals surface area contributed by atoms with E-state index in [4.69, 9.17) is 0 Å². The Morgan fingerprint density at radius 3 is 2.10 bits per heavy atom. The summed E-state index contributed by atoms with van der Waals surface area (Å²) in [6, 6.07) is 17.0. The second-order valence-electron chi connectivity index (χ2n) is 5.88. The molecular formula is C18H18N2O. The summed E-state index contributed by atoms with van der Waals surface area (Å²) in [4.78, 5) is 14.0. The number of hydrogen-bond donors (Lipinski definition) is 1. The first kappa shape index (κ1) is 12.6. The van der Waals surface area contributed by atoms with Gasteiger partial charge in [0.2, 0.25) is 5.91 Å². The summed E-state index contributed by atoms with van der Waals surface area (Å²) in [5.41, 5.74) is 5.12. The van der Waals surface area contributed by atoms with Crippen molar-refractivity contribution in [2.24, 2.45) is 0 Å². The Labute approximate surface area is 124 Å². The summed E-state index contributed by atoms with van der Waals surface area (Å²) in [6.45, 7) is 0.840. The highest BCUT2D eigenvalue weighted by Gasteiger charge is 2.35. The van der Waals surface area contributed by atoms with Crippen LogP contribution in [0.3, 0.4) is 0 Å². The van der Waals surface area contributed by atoms with Crippen LogP contribution in [0.15, 0.2) is 48.5 Å². The Bertz CT molecular complexity index is 664. The highest BCUT2D eigenvalue weighted by atomic mass is 16.2. The monoisotopic (exact) mass is 278 g/mol. The van der Waals surface area contributed by atoms with Gasteiger partial charge in [-0.05, 0) is 28.7 Å². The lowest BCUT2D eigenvalue weighted by molar-refractivity contribution is -0.128. The van der Waals surface area contributed by atoms with Crippen LogP contribution in [-0.2, 0) is 4.79 Å². The van der Waals surface area contributed by atoms with E-state index in [1.807, 2.05) is 11.9 Å². The van der Waals surface area contributed by atoms with E-state index >= 15 is 0 Å². The molecule has 2 aliphatic rings. The Morgan fingerprint density at radius 1 is 1.00 bits per heavy atom. The number of likely N-dealkylation sites (tertiary alicyclic amines) is 1. The molecule has 1 unspecified atom stereocenters. The number of carbonyl (C=O) groups is 1. The van der Waals surface area contributed by atoms with E-state index in [9.17, 15) is 4.79 Å². The van der Waals surface area contributed by atoms with Crippen molar-refractivity contribution in [2.45, 2.75) is 18.5 Å². The number of hydrogen-bond acceptors (Lipinski definition) is 2. The Hall–Kier alpha value is -2.13. The lowest BCUT2D eigenvalue weighted by Crippen LogP contribution is -2.39. The molecule has 1 aliphatic carbocycles. The Morgan fingerprint density at radius 2 is 1.57 bits per heavy atom. The third-order valence-electron chi connectivity index (χ3n) is 4.63. The van der Waals surface area contributed by atoms with Gasteiger partial charge in [0, 0.05) is 13.6 Å². The molecule has 3 heteroatoms. The lowest BCUT2D eigenvalue weighted by Gasteiger charge is -2.20. The molecule has 1 aliphatic heterocycles. The number of benzene rings is 2. The number of rotatable bonds is 2. The van der Waals surface area contributed by atoms with Crippen molar-refractivity contribution in [3.05, 3.63) is 59.7 Å². The van der Waals surface area contributed by atoms with Gasteiger partial charge >= 0.3 is 0 Å². The standard InChI is InChI=1S/C18H18N2O/c1-20-11-10-16(18(20)21)19-17-14-8-4-2-6-12(14)13-7-3-5-9-15(13)17/h2-9,16-17,19H,10-11H2,1H3. The number of nitrogens with one attached hydrogen (secondary N) is 1. The number of likely N-dealkylation sites (N-methyl/N-ethyl adjacent to an activating group) is 1. The van der Waals surface area contributed by atoms with Crippen molar-refractivity contribution < 1.29 is 4.79 Å². The van der Waals surface area contributed by atoms with Gasteiger partial charge < -0.3 is 4.90 Å². The van der Waals surface area contributed by atoms with E-state index in [0.29, 0.717) is 0 Å². The Kier molecular flexibility index (Phi) is 2.82. The summed E-state index contributed by atoms with van der Waals surface area (Å²) >= 11 is 0. The number of nitrogens with zero attached hydrogens (tertiary/aromatic N) is 1. The zero-order valence-corrected chi connectivity index (χ0v) is 12.0. The predicted octanol–water partition coefficient (Wildman–Crippen LogP) is 2.58. The minimum absolute atomic E-state index is 0.0702. The van der Waals surface area contributed by atoms with Gasteiger partial charge in [-0.2, -0.15) is 0 Å². The SMILES string of the molecule is CN1CCC(NC2c3ccccc3-c3ccccc32)C1=O. The van der Waals surface area contributed by atoms with E-state index in [2.05, 4.69) is 53.8 Å². The second-order valence-corrected chi connectivity index (χ2v) is 5.88. The van der Waals surface area contributed by atoms with Gasteiger partial charge in [0.1, 0.15) is 0 Å². The van der Waals surface area contributed by atoms with Crippen LogP contribution >= 0.6 is 0 Å². The average Bonchev–Trinajstić information content (AvgIpc) is 3.01. The minimum atomic E-state index is -0.0702. The molecule has 0 bridgehead atoms. The maximum absolute atomic E-state index is 12.2. The normalized spacial score (nSPS) is 20.7. The molecule has 2 aromatic rings. The lowest BCUT2D eigenvalue weighted by atomic mass is 10.0. The molecule has 3 nitrogen and oxygen atoms in total. The zero-order chi connectivity index (χ0) is 14.4.